The molecule has 2 atom stereocenters. The Morgan fingerprint density at radius 3 is 2.46 bits per heavy atom. The van der Waals surface area contributed by atoms with Crippen LogP contribution in [0.3, 0.4) is 0 Å². The molecule has 0 aliphatic carbocycles. The molecule has 0 fully saturated rings. The van der Waals surface area contributed by atoms with Crippen molar-refractivity contribution < 1.29 is 14.3 Å². The number of nitrogens with one attached hydrogen (secondary N) is 2. The molecular formula is C30H34N4O3. The van der Waals surface area contributed by atoms with Gasteiger partial charge in [-0.3, -0.25) is 4.79 Å². The number of pyridine rings is 1. The molecule has 37 heavy (non-hydrogen) atoms. The second kappa shape index (κ2) is 11.6. The normalized spacial score (nSPS) is 12.7. The Bertz CT molecular complexity index is 1360. The number of hydrogen-bond donors (Lipinski definition) is 3. The lowest BCUT2D eigenvalue weighted by molar-refractivity contribution is -0.122. The molecule has 0 spiro atoms. The predicted octanol–water partition coefficient (Wildman–Crippen LogP) is 6.03. The van der Waals surface area contributed by atoms with E-state index in [0.29, 0.717) is 23.9 Å². The van der Waals surface area contributed by atoms with Crippen molar-refractivity contribution in [1.29, 1.82) is 0 Å². The van der Waals surface area contributed by atoms with Gasteiger partial charge in [0.05, 0.1) is 18.8 Å². The lowest BCUT2D eigenvalue weighted by Gasteiger charge is -2.24. The standard InChI is InChI=1S/C30H34N4O3/c1-5-36-27-18-23(11-14-26(27)37-19(2)3)28(30(35)33-20(4)21-9-7-6-8-10-21)34-24-12-13-25-22(17-24)15-16-32-29(25)31/h6-20,28,34H,5H2,1-4H3,(H2,31,32)(H,33,35). The molecule has 3 aromatic carbocycles. The van der Waals surface area contributed by atoms with E-state index in [1.54, 1.807) is 6.20 Å². The Balaban J connectivity index is 1.69. The molecule has 1 aromatic heterocycles. The lowest BCUT2D eigenvalue weighted by Crippen LogP contribution is -2.35. The summed E-state index contributed by atoms with van der Waals surface area (Å²) in [6, 6.07) is 22.3. The first kappa shape index (κ1) is 25.8. The van der Waals surface area contributed by atoms with E-state index >= 15 is 0 Å². The minimum Gasteiger partial charge on any atom is -0.490 e. The number of rotatable bonds is 10. The van der Waals surface area contributed by atoms with Gasteiger partial charge >= 0.3 is 0 Å². The number of amides is 1. The zero-order valence-electron chi connectivity index (χ0n) is 21.7. The fraction of sp³-hybridized carbons (Fsp3) is 0.267. The van der Waals surface area contributed by atoms with Crippen molar-refractivity contribution in [3.63, 3.8) is 0 Å². The van der Waals surface area contributed by atoms with E-state index in [4.69, 9.17) is 15.2 Å². The van der Waals surface area contributed by atoms with E-state index in [1.165, 1.54) is 0 Å². The topological polar surface area (TPSA) is 98.5 Å². The molecule has 0 saturated carbocycles. The molecule has 0 radical (unpaired) electrons. The summed E-state index contributed by atoms with van der Waals surface area (Å²) >= 11 is 0. The second-order valence-electron chi connectivity index (χ2n) is 9.16. The minimum absolute atomic E-state index is 0.00600. The van der Waals surface area contributed by atoms with Gasteiger partial charge in [-0.15, -0.1) is 0 Å². The van der Waals surface area contributed by atoms with Gasteiger partial charge in [-0.2, -0.15) is 0 Å². The Kier molecular flexibility index (Phi) is 8.13. The van der Waals surface area contributed by atoms with E-state index in [-0.39, 0.29) is 18.1 Å². The average Bonchev–Trinajstić information content (AvgIpc) is 2.89. The highest BCUT2D eigenvalue weighted by Crippen LogP contribution is 2.34. The van der Waals surface area contributed by atoms with Crippen LogP contribution in [0.4, 0.5) is 11.5 Å². The van der Waals surface area contributed by atoms with Gasteiger partial charge in [-0.1, -0.05) is 36.4 Å². The monoisotopic (exact) mass is 498 g/mol. The number of aromatic nitrogens is 1. The molecule has 2 unspecified atom stereocenters. The average molecular weight is 499 g/mol. The van der Waals surface area contributed by atoms with Crippen molar-refractivity contribution in [3.05, 3.63) is 90.1 Å². The number of nitrogens with two attached hydrogens (primary N) is 1. The number of carbonyl (C=O) groups excluding carboxylic acids is 1. The number of ether oxygens (including phenoxy) is 2. The largest absolute Gasteiger partial charge is 0.490 e. The zero-order chi connectivity index (χ0) is 26.4. The quantitative estimate of drug-likeness (QED) is 0.247. The summed E-state index contributed by atoms with van der Waals surface area (Å²) in [7, 11) is 0. The van der Waals surface area contributed by atoms with E-state index in [1.807, 2.05) is 100 Å². The van der Waals surface area contributed by atoms with Gasteiger partial charge in [-0.05, 0) is 80.6 Å². The summed E-state index contributed by atoms with van der Waals surface area (Å²) in [4.78, 5) is 17.9. The molecule has 4 aromatic rings. The number of fused-ring (bicyclic) bond motifs is 1. The Labute approximate surface area is 218 Å². The summed E-state index contributed by atoms with van der Waals surface area (Å²) in [5, 5.41) is 8.38. The maximum Gasteiger partial charge on any atom is 0.247 e. The number of nitrogen functional groups attached to an aromatic ring is 1. The van der Waals surface area contributed by atoms with Crippen LogP contribution >= 0.6 is 0 Å². The van der Waals surface area contributed by atoms with Gasteiger partial charge in [0, 0.05) is 17.3 Å². The molecule has 1 heterocycles. The van der Waals surface area contributed by atoms with Crippen LogP contribution in [0.2, 0.25) is 0 Å². The second-order valence-corrected chi connectivity index (χ2v) is 9.16. The van der Waals surface area contributed by atoms with Gasteiger partial charge in [0.15, 0.2) is 11.5 Å². The highest BCUT2D eigenvalue weighted by molar-refractivity contribution is 5.94. The number of carbonyl (C=O) groups is 1. The summed E-state index contributed by atoms with van der Waals surface area (Å²) in [6.07, 6.45) is 1.67. The fourth-order valence-electron chi connectivity index (χ4n) is 4.20. The molecule has 1 amide bonds. The highest BCUT2D eigenvalue weighted by Gasteiger charge is 2.24. The van der Waals surface area contributed by atoms with Gasteiger partial charge in [0.25, 0.3) is 0 Å². The van der Waals surface area contributed by atoms with Crippen LogP contribution in [0.15, 0.2) is 79.0 Å². The van der Waals surface area contributed by atoms with Crippen molar-refractivity contribution in [3.8, 4) is 11.5 Å². The number of nitrogens with zero attached hydrogens (tertiary/aromatic N) is 1. The minimum atomic E-state index is -0.685. The van der Waals surface area contributed by atoms with Crippen LogP contribution in [0.25, 0.3) is 10.8 Å². The third-order valence-electron chi connectivity index (χ3n) is 5.99. The van der Waals surface area contributed by atoms with Crippen LogP contribution in [0.1, 0.15) is 50.9 Å². The Morgan fingerprint density at radius 1 is 0.946 bits per heavy atom. The van der Waals surface area contributed by atoms with Gasteiger partial charge in [0.2, 0.25) is 5.91 Å². The van der Waals surface area contributed by atoms with Gasteiger partial charge < -0.3 is 25.8 Å². The van der Waals surface area contributed by atoms with E-state index in [9.17, 15) is 4.79 Å². The van der Waals surface area contributed by atoms with Gasteiger partial charge in [-0.25, -0.2) is 4.98 Å². The molecule has 4 rings (SSSR count). The fourth-order valence-corrected chi connectivity index (χ4v) is 4.20. The number of anilines is 2. The third-order valence-corrected chi connectivity index (χ3v) is 5.99. The summed E-state index contributed by atoms with van der Waals surface area (Å²) in [6.45, 7) is 8.31. The van der Waals surface area contributed by atoms with Crippen molar-refractivity contribution >= 4 is 28.2 Å². The molecule has 7 heteroatoms. The molecular weight excluding hydrogens is 464 g/mol. The summed E-state index contributed by atoms with van der Waals surface area (Å²) < 4.78 is 11.8. The molecule has 192 valence electrons. The molecule has 0 aliphatic rings. The first-order valence-corrected chi connectivity index (χ1v) is 12.5. The van der Waals surface area contributed by atoms with E-state index in [2.05, 4.69) is 15.6 Å². The summed E-state index contributed by atoms with van der Waals surface area (Å²) in [5.74, 6) is 1.55. The highest BCUT2D eigenvalue weighted by atomic mass is 16.5. The molecule has 4 N–H and O–H groups in total. The van der Waals surface area contributed by atoms with Crippen LogP contribution < -0.4 is 25.8 Å². The third kappa shape index (κ3) is 6.30. The molecule has 0 bridgehead atoms. The smallest absolute Gasteiger partial charge is 0.247 e. The van der Waals surface area contributed by atoms with Crippen molar-refractivity contribution in [2.75, 3.05) is 17.7 Å². The maximum atomic E-state index is 13.7. The van der Waals surface area contributed by atoms with Crippen molar-refractivity contribution in [1.82, 2.24) is 10.3 Å². The number of hydrogen-bond acceptors (Lipinski definition) is 6. The first-order chi connectivity index (χ1) is 17.9. The van der Waals surface area contributed by atoms with E-state index in [0.717, 1.165) is 27.6 Å². The van der Waals surface area contributed by atoms with E-state index < -0.39 is 6.04 Å². The van der Waals surface area contributed by atoms with Crippen LogP contribution in [0.5, 0.6) is 11.5 Å². The molecule has 0 saturated heterocycles. The maximum absolute atomic E-state index is 13.7. The van der Waals surface area contributed by atoms with Crippen molar-refractivity contribution in [2.24, 2.45) is 0 Å². The molecule has 7 nitrogen and oxygen atoms in total. The number of benzene rings is 3. The lowest BCUT2D eigenvalue weighted by atomic mass is 10.0. The first-order valence-electron chi connectivity index (χ1n) is 12.5. The van der Waals surface area contributed by atoms with Gasteiger partial charge in [0.1, 0.15) is 11.9 Å². The van der Waals surface area contributed by atoms with Crippen LogP contribution in [-0.2, 0) is 4.79 Å². The van der Waals surface area contributed by atoms with Crippen molar-refractivity contribution in [2.45, 2.75) is 45.9 Å². The summed E-state index contributed by atoms with van der Waals surface area (Å²) in [5.41, 5.74) is 8.60. The Hall–Kier alpha value is -4.26. The van der Waals surface area contributed by atoms with Crippen LogP contribution in [-0.4, -0.2) is 23.6 Å². The zero-order valence-corrected chi connectivity index (χ0v) is 21.7. The molecule has 0 aliphatic heterocycles. The van der Waals surface area contributed by atoms with Crippen LogP contribution in [0, 0.1) is 0 Å². The Morgan fingerprint density at radius 2 is 1.73 bits per heavy atom. The SMILES string of the molecule is CCOc1cc(C(Nc2ccc3c(N)nccc3c2)C(=O)NC(C)c2ccccc2)ccc1OC(C)C. The predicted molar refractivity (Wildman–Crippen MR) is 149 cm³/mol.